The van der Waals surface area contributed by atoms with Crippen LogP contribution in [0, 0.1) is 0 Å². The number of nitrogens with two attached hydrogens (primary N) is 1. The van der Waals surface area contributed by atoms with Crippen LogP contribution in [0.4, 0.5) is 13.2 Å². The van der Waals surface area contributed by atoms with Crippen LogP contribution in [0.1, 0.15) is 0 Å². The van der Waals surface area contributed by atoms with Gasteiger partial charge < -0.3 is 0 Å². The van der Waals surface area contributed by atoms with Crippen molar-refractivity contribution < 1.29 is 44.0 Å². The summed E-state index contributed by atoms with van der Waals surface area (Å²) in [5.74, 6) is 0. The molecule has 0 bridgehead atoms. The number of sulfonamides is 1. The Bertz CT molecular complexity index is 171. The molecule has 0 aliphatic heterocycles. The molecule has 1 radical (unpaired) electrons. The molecule has 0 saturated heterocycles. The number of rotatable bonds is 0. The average Bonchev–Trinajstić information content (AvgIpc) is 1.25. The number of primary sulfonamides is 1. The van der Waals surface area contributed by atoms with Gasteiger partial charge in [-0.2, -0.15) is 13.2 Å². The molecule has 0 heterocycles. The van der Waals surface area contributed by atoms with E-state index < -0.39 is 15.5 Å². The van der Waals surface area contributed by atoms with Crippen LogP contribution in [0.3, 0.4) is 0 Å². The zero-order valence-corrected chi connectivity index (χ0v) is 6.04. The van der Waals surface area contributed by atoms with Crippen LogP contribution in [0.25, 0.3) is 0 Å². The van der Waals surface area contributed by atoms with Crippen molar-refractivity contribution in [3.8, 4) is 0 Å². The maximum absolute atomic E-state index is 10.8. The average molecular weight is 257 g/mol. The second kappa shape index (κ2) is 3.02. The van der Waals surface area contributed by atoms with E-state index in [0.29, 0.717) is 0 Å². The van der Waals surface area contributed by atoms with Gasteiger partial charge in [-0.1, -0.05) is 0 Å². The van der Waals surface area contributed by atoms with Crippen molar-refractivity contribution in [1.82, 2.24) is 0 Å². The quantitative estimate of drug-likeness (QED) is 0.610. The van der Waals surface area contributed by atoms with Gasteiger partial charge in [0.1, 0.15) is 0 Å². The molecule has 8 heteroatoms. The van der Waals surface area contributed by atoms with Gasteiger partial charge in [-0.15, -0.1) is 0 Å². The van der Waals surface area contributed by atoms with Crippen molar-refractivity contribution in [1.29, 1.82) is 0 Å². The van der Waals surface area contributed by atoms with Gasteiger partial charge in [-0.25, -0.2) is 13.6 Å². The van der Waals surface area contributed by atoms with Gasteiger partial charge in [-0.05, 0) is 0 Å². The van der Waals surface area contributed by atoms with E-state index in [9.17, 15) is 21.6 Å². The van der Waals surface area contributed by atoms with Crippen molar-refractivity contribution in [3.63, 3.8) is 0 Å². The molecule has 0 atom stereocenters. The third-order valence-electron chi connectivity index (χ3n) is 0.323. The summed E-state index contributed by atoms with van der Waals surface area (Å²) < 4.78 is 51.2. The molecule has 0 aliphatic carbocycles. The SMILES string of the molecule is NS(=O)(=O)C(F)(F)F.[Ag]. The zero-order valence-electron chi connectivity index (χ0n) is 3.74. The molecule has 0 aliphatic rings. The number of hydrogen-bond acceptors (Lipinski definition) is 2. The van der Waals surface area contributed by atoms with Crippen LogP contribution in [0.15, 0.2) is 0 Å². The Morgan fingerprint density at radius 1 is 1.22 bits per heavy atom. The molecule has 2 N–H and O–H groups in total. The molecule has 0 aromatic heterocycles. The van der Waals surface area contributed by atoms with Crippen LogP contribution in [-0.2, 0) is 32.4 Å². The Kier molecular flexibility index (Phi) is 4.08. The normalized spacial score (nSPS) is 12.4. The van der Waals surface area contributed by atoms with Crippen LogP contribution in [0.5, 0.6) is 0 Å². The fourth-order valence-corrected chi connectivity index (χ4v) is 0. The van der Waals surface area contributed by atoms with Crippen LogP contribution < -0.4 is 5.14 Å². The minimum Gasteiger partial charge on any atom is -0.221 e. The second-order valence-electron chi connectivity index (χ2n) is 0.991. The van der Waals surface area contributed by atoms with E-state index >= 15 is 0 Å². The number of alkyl halides is 3. The van der Waals surface area contributed by atoms with Crippen molar-refractivity contribution in [2.45, 2.75) is 5.51 Å². The van der Waals surface area contributed by atoms with Crippen LogP contribution in [0.2, 0.25) is 0 Å². The van der Waals surface area contributed by atoms with Gasteiger partial charge in [0.05, 0.1) is 0 Å². The predicted molar refractivity (Wildman–Crippen MR) is 19.2 cm³/mol. The molecule has 0 aromatic rings. The predicted octanol–water partition coefficient (Wildman–Crippen LogP) is -0.208. The fourth-order valence-electron chi connectivity index (χ4n) is 0. The van der Waals surface area contributed by atoms with Crippen molar-refractivity contribution in [3.05, 3.63) is 0 Å². The maximum atomic E-state index is 10.8. The molecule has 0 rings (SSSR count). The van der Waals surface area contributed by atoms with Gasteiger partial charge >= 0.3 is 15.5 Å². The first-order valence-electron chi connectivity index (χ1n) is 1.34. The number of hydrogen-bond donors (Lipinski definition) is 1. The first-order chi connectivity index (χ1) is 3.25. The number of halogens is 3. The molecule has 0 fully saturated rings. The first kappa shape index (κ1) is 12.1. The van der Waals surface area contributed by atoms with Gasteiger partial charge in [0.25, 0.3) is 0 Å². The largest absolute Gasteiger partial charge is 0.511 e. The smallest absolute Gasteiger partial charge is 0.221 e. The third kappa shape index (κ3) is 3.93. The van der Waals surface area contributed by atoms with Crippen LogP contribution >= 0.6 is 0 Å². The summed E-state index contributed by atoms with van der Waals surface area (Å²) in [5.41, 5.74) is -5.31. The first-order valence-corrected chi connectivity index (χ1v) is 2.89. The minimum atomic E-state index is -5.34. The van der Waals surface area contributed by atoms with E-state index in [-0.39, 0.29) is 22.4 Å². The Hall–Kier alpha value is 0.440. The summed E-state index contributed by atoms with van der Waals surface area (Å²) in [6.45, 7) is 0. The van der Waals surface area contributed by atoms with E-state index in [1.54, 1.807) is 0 Å². The standard InChI is InChI=1S/CH2F3NO2S.Ag/c2-1(3,4)8(5,6)7;/h(H2,5,6,7);. The van der Waals surface area contributed by atoms with Gasteiger partial charge in [0, 0.05) is 22.4 Å². The molecular weight excluding hydrogens is 255 g/mol. The van der Waals surface area contributed by atoms with Crippen molar-refractivity contribution in [2.24, 2.45) is 5.14 Å². The molecule has 61 valence electrons. The van der Waals surface area contributed by atoms with Crippen molar-refractivity contribution >= 4 is 10.0 Å². The monoisotopic (exact) mass is 256 g/mol. The molecule has 3 nitrogen and oxygen atoms in total. The van der Waals surface area contributed by atoms with E-state index in [2.05, 4.69) is 5.14 Å². The molecule has 0 amide bonds. The van der Waals surface area contributed by atoms with Gasteiger partial charge in [0.2, 0.25) is 0 Å². The maximum Gasteiger partial charge on any atom is 0.511 e. The summed E-state index contributed by atoms with van der Waals surface area (Å²) in [5, 5.41) is 3.66. The van der Waals surface area contributed by atoms with E-state index in [1.807, 2.05) is 0 Å². The molecule has 0 saturated carbocycles. The zero-order chi connectivity index (χ0) is 7.00. The Balaban J connectivity index is 0. The fraction of sp³-hybridized carbons (Fsp3) is 1.00. The topological polar surface area (TPSA) is 60.2 Å². The van der Waals surface area contributed by atoms with Crippen molar-refractivity contribution in [2.75, 3.05) is 0 Å². The second-order valence-corrected chi connectivity index (χ2v) is 2.54. The van der Waals surface area contributed by atoms with Gasteiger partial charge in [-0.3, -0.25) is 0 Å². The summed E-state index contributed by atoms with van der Waals surface area (Å²) >= 11 is 0. The van der Waals surface area contributed by atoms with E-state index in [4.69, 9.17) is 0 Å². The van der Waals surface area contributed by atoms with Gasteiger partial charge in [0.15, 0.2) is 0 Å². The summed E-state index contributed by atoms with van der Waals surface area (Å²) in [6, 6.07) is 0. The summed E-state index contributed by atoms with van der Waals surface area (Å²) in [7, 11) is -5.34. The minimum absolute atomic E-state index is 0. The van der Waals surface area contributed by atoms with E-state index in [1.165, 1.54) is 0 Å². The van der Waals surface area contributed by atoms with E-state index in [0.717, 1.165) is 0 Å². The molecular formula is CH2AgF3NO2S. The molecule has 0 spiro atoms. The molecule has 0 unspecified atom stereocenters. The molecule has 9 heavy (non-hydrogen) atoms. The molecule has 0 aromatic carbocycles. The Morgan fingerprint density at radius 2 is 1.33 bits per heavy atom. The summed E-state index contributed by atoms with van der Waals surface area (Å²) in [6.07, 6.45) is 0. The van der Waals surface area contributed by atoms with Crippen LogP contribution in [-0.4, -0.2) is 13.9 Å². The Labute approximate surface area is 65.0 Å². The third-order valence-corrected chi connectivity index (χ3v) is 0.968. The summed E-state index contributed by atoms with van der Waals surface area (Å²) in [4.78, 5) is 0. The Morgan fingerprint density at radius 3 is 1.33 bits per heavy atom.